The van der Waals surface area contributed by atoms with Crippen molar-refractivity contribution >= 4 is 33.3 Å². The van der Waals surface area contributed by atoms with Crippen LogP contribution in [0.15, 0.2) is 24.3 Å². The molecule has 0 radical (unpaired) electrons. The van der Waals surface area contributed by atoms with E-state index in [4.69, 9.17) is 4.74 Å². The molecule has 0 saturated carbocycles. The van der Waals surface area contributed by atoms with Crippen LogP contribution in [0.5, 0.6) is 5.75 Å². The Bertz CT molecular complexity index is 876. The van der Waals surface area contributed by atoms with Crippen molar-refractivity contribution in [1.82, 2.24) is 15.2 Å². The molecule has 23 heavy (non-hydrogen) atoms. The maximum absolute atomic E-state index is 12.5. The van der Waals surface area contributed by atoms with Crippen LogP contribution in [-0.2, 0) is 6.42 Å². The highest BCUT2D eigenvalue weighted by molar-refractivity contribution is 7.15. The first-order chi connectivity index (χ1) is 11.1. The largest absolute Gasteiger partial charge is 0.497 e. The second-order valence-corrected chi connectivity index (χ2v) is 6.05. The van der Waals surface area contributed by atoms with E-state index in [0.717, 1.165) is 28.1 Å². The minimum Gasteiger partial charge on any atom is -0.497 e. The second-order valence-electron chi connectivity index (χ2n) is 4.99. The summed E-state index contributed by atoms with van der Waals surface area (Å²) in [6.07, 6.45) is 0.798. The van der Waals surface area contributed by atoms with Gasteiger partial charge in [0.05, 0.1) is 23.9 Å². The number of aryl methyl sites for hydroxylation is 2. The molecule has 2 heterocycles. The zero-order valence-electron chi connectivity index (χ0n) is 13.1. The van der Waals surface area contributed by atoms with Crippen molar-refractivity contribution in [3.63, 3.8) is 0 Å². The van der Waals surface area contributed by atoms with Gasteiger partial charge in [-0.05, 0) is 31.5 Å². The summed E-state index contributed by atoms with van der Waals surface area (Å²) in [5.74, 6) is 0.508. The Balaban J connectivity index is 1.92. The van der Waals surface area contributed by atoms with Crippen LogP contribution >= 0.6 is 11.3 Å². The fourth-order valence-electron chi connectivity index (χ4n) is 2.21. The summed E-state index contributed by atoms with van der Waals surface area (Å²) in [6.45, 7) is 3.81. The number of amides is 1. The summed E-state index contributed by atoms with van der Waals surface area (Å²) in [5, 5.41) is 13.0. The van der Waals surface area contributed by atoms with Gasteiger partial charge < -0.3 is 4.74 Å². The van der Waals surface area contributed by atoms with Crippen molar-refractivity contribution in [3.8, 4) is 5.75 Å². The SMILES string of the molecule is CCc1nnc(NC(=O)c2cc3ccc(OC)cc3nc2C)s1. The molecule has 0 aliphatic heterocycles. The maximum Gasteiger partial charge on any atom is 0.259 e. The monoisotopic (exact) mass is 328 g/mol. The molecule has 0 aliphatic rings. The lowest BCUT2D eigenvalue weighted by Crippen LogP contribution is -2.14. The first-order valence-electron chi connectivity index (χ1n) is 7.20. The fourth-order valence-corrected chi connectivity index (χ4v) is 2.89. The summed E-state index contributed by atoms with van der Waals surface area (Å²) in [6, 6.07) is 7.41. The summed E-state index contributed by atoms with van der Waals surface area (Å²) in [5.41, 5.74) is 1.97. The van der Waals surface area contributed by atoms with Crippen molar-refractivity contribution in [2.45, 2.75) is 20.3 Å². The number of hydrogen-bond acceptors (Lipinski definition) is 6. The molecule has 3 rings (SSSR count). The Kier molecular flexibility index (Phi) is 4.20. The molecule has 1 N–H and O–H groups in total. The molecule has 118 valence electrons. The molecule has 0 bridgehead atoms. The predicted molar refractivity (Wildman–Crippen MR) is 90.3 cm³/mol. The van der Waals surface area contributed by atoms with E-state index in [1.807, 2.05) is 38.1 Å². The van der Waals surface area contributed by atoms with Gasteiger partial charge in [-0.25, -0.2) is 0 Å². The Morgan fingerprint density at radius 3 is 2.83 bits per heavy atom. The van der Waals surface area contributed by atoms with E-state index < -0.39 is 0 Å². The standard InChI is InChI=1S/C16H16N4O2S/c1-4-14-19-20-16(23-14)18-15(21)12-7-10-5-6-11(22-3)8-13(10)17-9(12)2/h5-8H,4H2,1-3H3,(H,18,20,21). The van der Waals surface area contributed by atoms with Gasteiger partial charge in [0.15, 0.2) is 0 Å². The minimum atomic E-state index is -0.230. The van der Waals surface area contributed by atoms with Gasteiger partial charge in [-0.1, -0.05) is 18.3 Å². The lowest BCUT2D eigenvalue weighted by molar-refractivity contribution is 0.102. The maximum atomic E-state index is 12.5. The van der Waals surface area contributed by atoms with E-state index in [2.05, 4.69) is 20.5 Å². The molecular weight excluding hydrogens is 312 g/mol. The Hall–Kier alpha value is -2.54. The lowest BCUT2D eigenvalue weighted by atomic mass is 10.1. The molecule has 7 heteroatoms. The number of rotatable bonds is 4. The van der Waals surface area contributed by atoms with Crippen LogP contribution in [0.3, 0.4) is 0 Å². The number of hydrogen-bond donors (Lipinski definition) is 1. The molecular formula is C16H16N4O2S. The topological polar surface area (TPSA) is 77.0 Å². The Labute approximate surface area is 137 Å². The van der Waals surface area contributed by atoms with Gasteiger partial charge in [0, 0.05) is 11.5 Å². The highest BCUT2D eigenvalue weighted by atomic mass is 32.1. The predicted octanol–water partition coefficient (Wildman–Crippen LogP) is 3.22. The number of nitrogens with zero attached hydrogens (tertiary/aromatic N) is 3. The molecule has 1 aromatic carbocycles. The van der Waals surface area contributed by atoms with Gasteiger partial charge in [-0.3, -0.25) is 15.1 Å². The number of benzene rings is 1. The van der Waals surface area contributed by atoms with Crippen molar-refractivity contribution in [1.29, 1.82) is 0 Å². The number of nitrogens with one attached hydrogen (secondary N) is 1. The first kappa shape index (κ1) is 15.4. The van der Waals surface area contributed by atoms with E-state index in [-0.39, 0.29) is 5.91 Å². The third-order valence-electron chi connectivity index (χ3n) is 3.45. The van der Waals surface area contributed by atoms with Crippen LogP contribution in [-0.4, -0.2) is 28.2 Å². The van der Waals surface area contributed by atoms with Crippen LogP contribution < -0.4 is 10.1 Å². The molecule has 3 aromatic rings. The molecule has 0 atom stereocenters. The molecule has 0 fully saturated rings. The Morgan fingerprint density at radius 2 is 2.13 bits per heavy atom. The summed E-state index contributed by atoms with van der Waals surface area (Å²) < 4.78 is 5.20. The molecule has 2 aromatic heterocycles. The zero-order chi connectivity index (χ0) is 16.4. The lowest BCUT2D eigenvalue weighted by Gasteiger charge is -2.08. The van der Waals surface area contributed by atoms with Gasteiger partial charge in [0.1, 0.15) is 10.8 Å². The number of fused-ring (bicyclic) bond motifs is 1. The van der Waals surface area contributed by atoms with Crippen LogP contribution in [0.2, 0.25) is 0 Å². The molecule has 0 spiro atoms. The highest BCUT2D eigenvalue weighted by Gasteiger charge is 2.14. The zero-order valence-corrected chi connectivity index (χ0v) is 13.9. The number of pyridine rings is 1. The van der Waals surface area contributed by atoms with Crippen molar-refractivity contribution in [3.05, 3.63) is 40.5 Å². The fraction of sp³-hybridized carbons (Fsp3) is 0.250. The quantitative estimate of drug-likeness (QED) is 0.795. The van der Waals surface area contributed by atoms with Gasteiger partial charge >= 0.3 is 0 Å². The number of ether oxygens (including phenoxy) is 1. The van der Waals surface area contributed by atoms with E-state index in [1.54, 1.807) is 7.11 Å². The van der Waals surface area contributed by atoms with E-state index in [0.29, 0.717) is 16.4 Å². The van der Waals surface area contributed by atoms with Crippen LogP contribution in [0.1, 0.15) is 28.0 Å². The minimum absolute atomic E-state index is 0.230. The van der Waals surface area contributed by atoms with Crippen LogP contribution in [0.4, 0.5) is 5.13 Å². The summed E-state index contributed by atoms with van der Waals surface area (Å²) in [4.78, 5) is 17.0. The van der Waals surface area contributed by atoms with Crippen LogP contribution in [0.25, 0.3) is 10.9 Å². The van der Waals surface area contributed by atoms with E-state index in [1.165, 1.54) is 11.3 Å². The third kappa shape index (κ3) is 3.14. The molecule has 1 amide bonds. The molecule has 0 unspecified atom stereocenters. The average molecular weight is 328 g/mol. The van der Waals surface area contributed by atoms with Gasteiger partial charge in [-0.2, -0.15) is 0 Å². The molecule has 6 nitrogen and oxygen atoms in total. The Morgan fingerprint density at radius 1 is 1.30 bits per heavy atom. The van der Waals surface area contributed by atoms with Crippen molar-refractivity contribution in [2.24, 2.45) is 0 Å². The smallest absolute Gasteiger partial charge is 0.259 e. The summed E-state index contributed by atoms with van der Waals surface area (Å²) in [7, 11) is 1.61. The number of aromatic nitrogens is 3. The second kappa shape index (κ2) is 6.29. The summed E-state index contributed by atoms with van der Waals surface area (Å²) >= 11 is 1.38. The number of carbonyl (C=O) groups is 1. The highest BCUT2D eigenvalue weighted by Crippen LogP contribution is 2.23. The molecule has 0 aliphatic carbocycles. The number of carbonyl (C=O) groups excluding carboxylic acids is 1. The number of anilines is 1. The molecule has 0 saturated heterocycles. The normalized spacial score (nSPS) is 10.7. The average Bonchev–Trinajstić information content (AvgIpc) is 3.01. The van der Waals surface area contributed by atoms with E-state index in [9.17, 15) is 4.79 Å². The van der Waals surface area contributed by atoms with Crippen molar-refractivity contribution < 1.29 is 9.53 Å². The van der Waals surface area contributed by atoms with E-state index >= 15 is 0 Å². The first-order valence-corrected chi connectivity index (χ1v) is 8.01. The number of methoxy groups -OCH3 is 1. The third-order valence-corrected chi connectivity index (χ3v) is 4.43. The van der Waals surface area contributed by atoms with Crippen molar-refractivity contribution in [2.75, 3.05) is 12.4 Å². The van der Waals surface area contributed by atoms with Gasteiger partial charge in [0.25, 0.3) is 5.91 Å². The van der Waals surface area contributed by atoms with Crippen LogP contribution in [0, 0.1) is 6.92 Å². The van der Waals surface area contributed by atoms with Gasteiger partial charge in [0.2, 0.25) is 5.13 Å². The van der Waals surface area contributed by atoms with Gasteiger partial charge in [-0.15, -0.1) is 10.2 Å².